The van der Waals surface area contributed by atoms with Crippen molar-refractivity contribution in [2.24, 2.45) is 0 Å². The van der Waals surface area contributed by atoms with Gasteiger partial charge in [-0.05, 0) is 17.5 Å². The molecule has 0 saturated carbocycles. The van der Waals surface area contributed by atoms with E-state index in [0.29, 0.717) is 44.6 Å². The van der Waals surface area contributed by atoms with Gasteiger partial charge in [0.05, 0.1) is 24.7 Å². The van der Waals surface area contributed by atoms with Crippen molar-refractivity contribution in [3.05, 3.63) is 40.5 Å². The molecule has 1 fully saturated rings. The van der Waals surface area contributed by atoms with E-state index in [1.165, 1.54) is 11.3 Å². The zero-order chi connectivity index (χ0) is 16.8. The van der Waals surface area contributed by atoms with Crippen LogP contribution in [0.25, 0.3) is 0 Å². The standard InChI is InChI=1S/C16H20N4O3S/c1-22-8-6-17-14-4-5-18-15(19-14)12-11-23-9-7-20(12)16(21)13-3-2-10-24-13/h2-5,10,12H,6-9,11H2,1H3,(H,17,18,19)/t12-/m0/s1. The lowest BCUT2D eigenvalue weighted by molar-refractivity contribution is -0.00492. The fraction of sp³-hybridized carbons (Fsp3) is 0.438. The Kier molecular flexibility index (Phi) is 5.73. The second-order valence-corrected chi connectivity index (χ2v) is 6.23. The molecule has 24 heavy (non-hydrogen) atoms. The average Bonchev–Trinajstić information content (AvgIpc) is 3.16. The van der Waals surface area contributed by atoms with Crippen LogP contribution < -0.4 is 5.32 Å². The first-order valence-electron chi connectivity index (χ1n) is 7.77. The highest BCUT2D eigenvalue weighted by molar-refractivity contribution is 7.12. The van der Waals surface area contributed by atoms with Crippen LogP contribution in [0.3, 0.4) is 0 Å². The van der Waals surface area contributed by atoms with Crippen LogP contribution in [-0.2, 0) is 9.47 Å². The van der Waals surface area contributed by atoms with E-state index in [1.807, 2.05) is 17.5 Å². The molecule has 2 aromatic rings. The number of amides is 1. The van der Waals surface area contributed by atoms with Gasteiger partial charge in [0, 0.05) is 26.4 Å². The van der Waals surface area contributed by atoms with E-state index in [9.17, 15) is 4.79 Å². The Balaban J connectivity index is 1.77. The van der Waals surface area contributed by atoms with E-state index in [1.54, 1.807) is 24.3 Å². The van der Waals surface area contributed by atoms with E-state index in [4.69, 9.17) is 9.47 Å². The van der Waals surface area contributed by atoms with Gasteiger partial charge in [-0.25, -0.2) is 9.97 Å². The van der Waals surface area contributed by atoms with Crippen LogP contribution in [0.15, 0.2) is 29.8 Å². The zero-order valence-corrected chi connectivity index (χ0v) is 14.3. The number of morpholine rings is 1. The molecule has 0 bridgehead atoms. The molecular formula is C16H20N4O3S. The summed E-state index contributed by atoms with van der Waals surface area (Å²) in [6.07, 6.45) is 1.69. The third kappa shape index (κ3) is 3.89. The minimum atomic E-state index is -0.280. The molecule has 1 atom stereocenters. The number of nitrogens with zero attached hydrogens (tertiary/aromatic N) is 3. The maximum Gasteiger partial charge on any atom is 0.264 e. The number of hydrogen-bond acceptors (Lipinski definition) is 7. The first kappa shape index (κ1) is 16.8. The highest BCUT2D eigenvalue weighted by Crippen LogP contribution is 2.25. The number of hydrogen-bond donors (Lipinski definition) is 1. The maximum atomic E-state index is 12.7. The van der Waals surface area contributed by atoms with Gasteiger partial charge in [-0.2, -0.15) is 0 Å². The summed E-state index contributed by atoms with van der Waals surface area (Å²) in [4.78, 5) is 24.1. The molecule has 0 spiro atoms. The van der Waals surface area contributed by atoms with Gasteiger partial charge in [0.2, 0.25) is 0 Å². The van der Waals surface area contributed by atoms with E-state index in [0.717, 1.165) is 4.88 Å². The zero-order valence-electron chi connectivity index (χ0n) is 13.5. The van der Waals surface area contributed by atoms with Crippen molar-refractivity contribution in [1.29, 1.82) is 0 Å². The van der Waals surface area contributed by atoms with Crippen molar-refractivity contribution in [2.45, 2.75) is 6.04 Å². The molecule has 0 radical (unpaired) electrons. The quantitative estimate of drug-likeness (QED) is 0.803. The summed E-state index contributed by atoms with van der Waals surface area (Å²) in [5.74, 6) is 1.30. The highest BCUT2D eigenvalue weighted by atomic mass is 32.1. The monoisotopic (exact) mass is 348 g/mol. The number of anilines is 1. The predicted molar refractivity (Wildman–Crippen MR) is 91.3 cm³/mol. The molecule has 0 unspecified atom stereocenters. The van der Waals surface area contributed by atoms with Crippen molar-refractivity contribution < 1.29 is 14.3 Å². The predicted octanol–water partition coefficient (Wildman–Crippen LogP) is 1.81. The van der Waals surface area contributed by atoms with Gasteiger partial charge in [0.1, 0.15) is 11.9 Å². The Hall–Kier alpha value is -2.03. The van der Waals surface area contributed by atoms with Crippen LogP contribution >= 0.6 is 11.3 Å². The van der Waals surface area contributed by atoms with E-state index < -0.39 is 0 Å². The van der Waals surface area contributed by atoms with Gasteiger partial charge >= 0.3 is 0 Å². The summed E-state index contributed by atoms with van der Waals surface area (Å²) < 4.78 is 10.6. The van der Waals surface area contributed by atoms with Gasteiger partial charge in [-0.1, -0.05) is 6.07 Å². The van der Waals surface area contributed by atoms with E-state index in [-0.39, 0.29) is 11.9 Å². The van der Waals surface area contributed by atoms with Crippen LogP contribution in [0, 0.1) is 0 Å². The normalized spacial score (nSPS) is 17.7. The first-order chi connectivity index (χ1) is 11.8. The topological polar surface area (TPSA) is 76.6 Å². The summed E-state index contributed by atoms with van der Waals surface area (Å²) >= 11 is 1.44. The Bertz CT molecular complexity index is 665. The van der Waals surface area contributed by atoms with Crippen molar-refractivity contribution in [3.63, 3.8) is 0 Å². The average molecular weight is 348 g/mol. The number of carbonyl (C=O) groups is 1. The highest BCUT2D eigenvalue weighted by Gasteiger charge is 2.31. The molecule has 1 amide bonds. The minimum absolute atomic E-state index is 0.000328. The molecule has 7 nitrogen and oxygen atoms in total. The molecule has 0 aliphatic carbocycles. The smallest absolute Gasteiger partial charge is 0.264 e. The number of ether oxygens (including phenoxy) is 2. The second kappa shape index (κ2) is 8.18. The Morgan fingerprint density at radius 3 is 3.25 bits per heavy atom. The lowest BCUT2D eigenvalue weighted by atomic mass is 10.2. The van der Waals surface area contributed by atoms with Crippen LogP contribution in [0.1, 0.15) is 21.5 Å². The van der Waals surface area contributed by atoms with Crippen molar-refractivity contribution in [2.75, 3.05) is 45.3 Å². The summed E-state index contributed by atoms with van der Waals surface area (Å²) in [5, 5.41) is 5.08. The fourth-order valence-electron chi connectivity index (χ4n) is 2.52. The molecule has 1 aliphatic heterocycles. The molecule has 0 aromatic carbocycles. The van der Waals surface area contributed by atoms with Crippen LogP contribution in [-0.4, -0.2) is 60.8 Å². The lowest BCUT2D eigenvalue weighted by Crippen LogP contribution is -2.43. The summed E-state index contributed by atoms with van der Waals surface area (Å²) in [5.41, 5.74) is 0. The van der Waals surface area contributed by atoms with Crippen molar-refractivity contribution in [1.82, 2.24) is 14.9 Å². The van der Waals surface area contributed by atoms with E-state index >= 15 is 0 Å². The third-order valence-electron chi connectivity index (χ3n) is 3.71. The largest absolute Gasteiger partial charge is 0.383 e. The Labute approximate surface area is 144 Å². The van der Waals surface area contributed by atoms with Crippen LogP contribution in [0.2, 0.25) is 0 Å². The Morgan fingerprint density at radius 2 is 2.46 bits per heavy atom. The lowest BCUT2D eigenvalue weighted by Gasteiger charge is -2.34. The maximum absolute atomic E-state index is 12.7. The molecule has 8 heteroatoms. The van der Waals surface area contributed by atoms with Gasteiger partial charge in [-0.3, -0.25) is 4.79 Å². The minimum Gasteiger partial charge on any atom is -0.383 e. The van der Waals surface area contributed by atoms with Gasteiger partial charge < -0.3 is 19.7 Å². The van der Waals surface area contributed by atoms with Crippen LogP contribution in [0.4, 0.5) is 5.82 Å². The number of methoxy groups -OCH3 is 1. The van der Waals surface area contributed by atoms with Gasteiger partial charge in [-0.15, -0.1) is 11.3 Å². The SMILES string of the molecule is COCCNc1ccnc([C@@H]2COCCN2C(=O)c2cccs2)n1. The second-order valence-electron chi connectivity index (χ2n) is 5.29. The van der Waals surface area contributed by atoms with Gasteiger partial charge in [0.15, 0.2) is 5.82 Å². The fourth-order valence-corrected chi connectivity index (χ4v) is 3.20. The van der Waals surface area contributed by atoms with Crippen molar-refractivity contribution >= 4 is 23.1 Å². The summed E-state index contributed by atoms with van der Waals surface area (Å²) in [6, 6.07) is 5.24. The van der Waals surface area contributed by atoms with Gasteiger partial charge in [0.25, 0.3) is 5.91 Å². The Morgan fingerprint density at radius 1 is 1.54 bits per heavy atom. The number of aromatic nitrogens is 2. The molecular weight excluding hydrogens is 328 g/mol. The van der Waals surface area contributed by atoms with E-state index in [2.05, 4.69) is 15.3 Å². The summed E-state index contributed by atoms with van der Waals surface area (Å²) in [6.45, 7) is 2.71. The molecule has 3 rings (SSSR count). The number of rotatable bonds is 6. The number of nitrogens with one attached hydrogen (secondary N) is 1. The third-order valence-corrected chi connectivity index (χ3v) is 4.56. The molecule has 2 aromatic heterocycles. The number of carbonyl (C=O) groups excluding carboxylic acids is 1. The molecule has 1 N–H and O–H groups in total. The molecule has 1 saturated heterocycles. The number of thiophene rings is 1. The van der Waals surface area contributed by atoms with Crippen LogP contribution in [0.5, 0.6) is 0 Å². The summed E-state index contributed by atoms with van der Waals surface area (Å²) in [7, 11) is 1.65. The molecule has 3 heterocycles. The van der Waals surface area contributed by atoms with Crippen molar-refractivity contribution in [3.8, 4) is 0 Å². The first-order valence-corrected chi connectivity index (χ1v) is 8.65. The molecule has 128 valence electrons. The molecule has 1 aliphatic rings.